The summed E-state index contributed by atoms with van der Waals surface area (Å²) in [5.41, 5.74) is -0.379. The van der Waals surface area contributed by atoms with Crippen molar-refractivity contribution in [2.24, 2.45) is 5.92 Å². The monoisotopic (exact) mass is 499 g/mol. The molecule has 0 aliphatic rings. The Balaban J connectivity index is 2.62. The first-order valence-corrected chi connectivity index (χ1v) is 10.8. The minimum absolute atomic E-state index is 0.0104. The number of carboxylic acids is 1. The maximum absolute atomic E-state index is 15.6. The predicted molar refractivity (Wildman–Crippen MR) is 117 cm³/mol. The summed E-state index contributed by atoms with van der Waals surface area (Å²) >= 11 is 3.24. The van der Waals surface area contributed by atoms with Gasteiger partial charge in [-0.1, -0.05) is 41.9 Å². The number of carbonyl (C=O) groups is 2. The Kier molecular flexibility index (Phi) is 8.28. The van der Waals surface area contributed by atoms with E-state index in [1.54, 1.807) is 13.0 Å². The van der Waals surface area contributed by atoms with Gasteiger partial charge in [-0.15, -0.1) is 0 Å². The smallest absolute Gasteiger partial charge is 0.305 e. The minimum Gasteiger partial charge on any atom is -0.481 e. The van der Waals surface area contributed by atoms with E-state index in [1.165, 1.54) is 19.1 Å². The van der Waals surface area contributed by atoms with Gasteiger partial charge in [-0.2, -0.15) is 0 Å². The molecule has 0 radical (unpaired) electrons. The predicted octanol–water partition coefficient (Wildman–Crippen LogP) is 5.83. The summed E-state index contributed by atoms with van der Waals surface area (Å²) in [4.78, 5) is 23.3. The number of hydrogen-bond acceptors (Lipinski definition) is 2. The van der Waals surface area contributed by atoms with Crippen LogP contribution >= 0.6 is 15.9 Å². The molecule has 2 atom stereocenters. The highest BCUT2D eigenvalue weighted by molar-refractivity contribution is 9.10. The molecule has 0 aliphatic carbocycles. The van der Waals surface area contributed by atoms with Gasteiger partial charge in [0.05, 0.1) is 17.3 Å². The molecule has 0 fully saturated rings. The number of rotatable bonds is 8. The van der Waals surface area contributed by atoms with Gasteiger partial charge in [-0.05, 0) is 49.4 Å². The second-order valence-corrected chi connectivity index (χ2v) is 9.08. The number of nitrogens with one attached hydrogen (secondary N) is 1. The van der Waals surface area contributed by atoms with Gasteiger partial charge in [0.25, 0.3) is 0 Å². The fourth-order valence-corrected chi connectivity index (χ4v) is 4.32. The van der Waals surface area contributed by atoms with Crippen LogP contribution in [0.25, 0.3) is 11.1 Å². The number of benzene rings is 2. The summed E-state index contributed by atoms with van der Waals surface area (Å²) in [7, 11) is 0. The summed E-state index contributed by atoms with van der Waals surface area (Å²) in [6.45, 7) is 6.77. The second-order valence-electron chi connectivity index (χ2n) is 7.97. The van der Waals surface area contributed by atoms with Crippen LogP contribution < -0.4 is 5.32 Å². The highest BCUT2D eigenvalue weighted by atomic mass is 79.9. The maximum atomic E-state index is 15.6. The lowest BCUT2D eigenvalue weighted by Crippen LogP contribution is -2.37. The quantitative estimate of drug-likeness (QED) is 0.449. The molecule has 2 rings (SSSR count). The lowest BCUT2D eigenvalue weighted by Gasteiger charge is -2.23. The molecule has 0 saturated heterocycles. The van der Waals surface area contributed by atoms with E-state index in [-0.39, 0.29) is 22.6 Å². The van der Waals surface area contributed by atoms with Crippen LogP contribution in [0.3, 0.4) is 0 Å². The molecule has 2 aromatic rings. The molecule has 1 amide bonds. The molecule has 0 saturated carbocycles. The molecule has 2 aromatic carbocycles. The van der Waals surface area contributed by atoms with Crippen molar-refractivity contribution in [3.05, 3.63) is 58.4 Å². The van der Waals surface area contributed by atoms with Crippen LogP contribution in [0.1, 0.15) is 49.4 Å². The van der Waals surface area contributed by atoms with Gasteiger partial charge >= 0.3 is 5.97 Å². The van der Waals surface area contributed by atoms with Crippen LogP contribution in [-0.2, 0) is 9.59 Å². The average molecular weight is 500 g/mol. The SMILES string of the molecule is Cc1cc(-c2c(C)cccc2F)c(F)c(C(CC(=O)O)NC(=O)C(Br)CC(C)C)c1F. The number of aryl methyl sites for hydroxylation is 2. The van der Waals surface area contributed by atoms with Crippen LogP contribution in [0.5, 0.6) is 0 Å². The van der Waals surface area contributed by atoms with Crippen LogP contribution in [0.2, 0.25) is 0 Å². The van der Waals surface area contributed by atoms with Crippen molar-refractivity contribution in [1.29, 1.82) is 0 Å². The highest BCUT2D eigenvalue weighted by Gasteiger charge is 2.30. The summed E-state index contributed by atoms with van der Waals surface area (Å²) in [5, 5.41) is 11.7. The van der Waals surface area contributed by atoms with Crippen LogP contribution in [0, 0.1) is 37.2 Å². The molecule has 2 N–H and O–H groups in total. The molecule has 0 heterocycles. The van der Waals surface area contributed by atoms with Gasteiger partial charge in [-0.3, -0.25) is 9.59 Å². The Morgan fingerprint density at radius 3 is 2.29 bits per heavy atom. The zero-order valence-electron chi connectivity index (χ0n) is 17.7. The van der Waals surface area contributed by atoms with E-state index in [9.17, 15) is 19.1 Å². The molecule has 168 valence electrons. The summed E-state index contributed by atoms with van der Waals surface area (Å²) in [5.74, 6) is -4.52. The van der Waals surface area contributed by atoms with E-state index < -0.39 is 52.2 Å². The molecule has 0 aromatic heterocycles. The van der Waals surface area contributed by atoms with Crippen LogP contribution in [0.15, 0.2) is 24.3 Å². The normalized spacial score (nSPS) is 13.2. The molecule has 0 spiro atoms. The van der Waals surface area contributed by atoms with Crippen molar-refractivity contribution in [3.8, 4) is 11.1 Å². The molecule has 4 nitrogen and oxygen atoms in total. The first kappa shape index (κ1) is 24.9. The highest BCUT2D eigenvalue weighted by Crippen LogP contribution is 2.36. The van der Waals surface area contributed by atoms with Gasteiger partial charge < -0.3 is 10.4 Å². The summed E-state index contributed by atoms with van der Waals surface area (Å²) in [6, 6.07) is 3.95. The number of carboxylic acid groups (broad SMARTS) is 1. The molecule has 0 bridgehead atoms. The first-order valence-electron chi connectivity index (χ1n) is 9.84. The Morgan fingerprint density at radius 1 is 1.10 bits per heavy atom. The lowest BCUT2D eigenvalue weighted by molar-refractivity contribution is -0.137. The molecule has 0 aliphatic heterocycles. The van der Waals surface area contributed by atoms with E-state index >= 15 is 8.78 Å². The number of carbonyl (C=O) groups excluding carboxylic acids is 1. The van der Waals surface area contributed by atoms with Crippen molar-refractivity contribution in [2.75, 3.05) is 0 Å². The second kappa shape index (κ2) is 10.3. The molecule has 8 heteroatoms. The van der Waals surface area contributed by atoms with Crippen molar-refractivity contribution < 1.29 is 27.9 Å². The fourth-order valence-electron chi connectivity index (χ4n) is 3.44. The standard InChI is InChI=1S/C23H25BrF3NO3/c1-11(2)8-15(24)23(31)28-17(10-18(29)30)20-21(26)13(4)9-14(22(20)27)19-12(3)6-5-7-16(19)25/h5-7,9,11,15,17H,8,10H2,1-4H3,(H,28,31)(H,29,30). The Labute approximate surface area is 188 Å². The van der Waals surface area contributed by atoms with E-state index in [2.05, 4.69) is 21.2 Å². The van der Waals surface area contributed by atoms with E-state index in [0.717, 1.165) is 6.07 Å². The Bertz CT molecular complexity index is 974. The number of amides is 1. The number of hydrogen-bond donors (Lipinski definition) is 2. The van der Waals surface area contributed by atoms with Gasteiger partial charge in [0.2, 0.25) is 5.91 Å². The van der Waals surface area contributed by atoms with E-state index in [4.69, 9.17) is 0 Å². The van der Waals surface area contributed by atoms with Crippen molar-refractivity contribution in [2.45, 2.75) is 51.4 Å². The Morgan fingerprint density at radius 2 is 1.74 bits per heavy atom. The van der Waals surface area contributed by atoms with Gasteiger partial charge in [0.15, 0.2) is 0 Å². The molecule has 2 unspecified atom stereocenters. The third-order valence-electron chi connectivity index (χ3n) is 4.91. The third-order valence-corrected chi connectivity index (χ3v) is 5.70. The summed E-state index contributed by atoms with van der Waals surface area (Å²) in [6.07, 6.45) is -0.287. The zero-order chi connectivity index (χ0) is 23.5. The van der Waals surface area contributed by atoms with Crippen molar-refractivity contribution in [3.63, 3.8) is 0 Å². The van der Waals surface area contributed by atoms with Crippen molar-refractivity contribution >= 4 is 27.8 Å². The number of alkyl halides is 1. The van der Waals surface area contributed by atoms with Crippen LogP contribution in [0.4, 0.5) is 13.2 Å². The maximum Gasteiger partial charge on any atom is 0.305 e. The van der Waals surface area contributed by atoms with Crippen LogP contribution in [-0.4, -0.2) is 21.8 Å². The molecular weight excluding hydrogens is 475 g/mol. The topological polar surface area (TPSA) is 66.4 Å². The van der Waals surface area contributed by atoms with Gasteiger partial charge in [-0.25, -0.2) is 13.2 Å². The molecule has 31 heavy (non-hydrogen) atoms. The minimum atomic E-state index is -1.47. The van der Waals surface area contributed by atoms with E-state index in [1.807, 2.05) is 13.8 Å². The number of halogens is 4. The fraction of sp³-hybridized carbons (Fsp3) is 0.391. The molecular formula is C23H25BrF3NO3. The third kappa shape index (κ3) is 5.87. The lowest BCUT2D eigenvalue weighted by atomic mass is 9.91. The first-order chi connectivity index (χ1) is 14.4. The van der Waals surface area contributed by atoms with Gasteiger partial charge in [0, 0.05) is 16.7 Å². The average Bonchev–Trinajstić information content (AvgIpc) is 2.64. The van der Waals surface area contributed by atoms with Gasteiger partial charge in [0.1, 0.15) is 17.5 Å². The van der Waals surface area contributed by atoms with E-state index in [0.29, 0.717) is 12.0 Å². The Hall–Kier alpha value is -2.35. The number of aliphatic carboxylic acids is 1. The zero-order valence-corrected chi connectivity index (χ0v) is 19.3. The summed E-state index contributed by atoms with van der Waals surface area (Å²) < 4.78 is 45.1. The largest absolute Gasteiger partial charge is 0.481 e. The van der Waals surface area contributed by atoms with Crippen molar-refractivity contribution in [1.82, 2.24) is 5.32 Å².